The lowest BCUT2D eigenvalue weighted by atomic mass is 9.91. The monoisotopic (exact) mass is 813 g/mol. The minimum atomic E-state index is -0.184. The molecule has 0 aliphatic rings. The van der Waals surface area contributed by atoms with Gasteiger partial charge >= 0.3 is 0 Å². The molecule has 0 N–H and O–H groups in total. The smallest absolute Gasteiger partial charge is 0.203 e. The van der Waals surface area contributed by atoms with E-state index in [9.17, 15) is 4.79 Å². The van der Waals surface area contributed by atoms with Crippen LogP contribution in [0.4, 0.5) is 0 Å². The maximum Gasteiger partial charge on any atom is 0.203 e. The maximum absolute atomic E-state index is 14.0. The van der Waals surface area contributed by atoms with Gasteiger partial charge < -0.3 is 42.5 Å². The molecule has 1 heterocycles. The second-order valence-corrected chi connectivity index (χ2v) is 15.0. The zero-order chi connectivity index (χ0) is 42.9. The minimum Gasteiger partial charge on any atom is -0.493 e. The van der Waals surface area contributed by atoms with E-state index >= 15 is 0 Å². The number of aromatic nitrogens is 1. The van der Waals surface area contributed by atoms with Gasteiger partial charge in [0.1, 0.15) is 12.4 Å². The van der Waals surface area contributed by atoms with Crippen LogP contribution in [0.1, 0.15) is 63.2 Å². The lowest BCUT2D eigenvalue weighted by Crippen LogP contribution is -2.09. The van der Waals surface area contributed by atoms with Crippen molar-refractivity contribution < 1.29 is 42.7 Å². The molecule has 5 aromatic carbocycles. The molecule has 0 amide bonds. The van der Waals surface area contributed by atoms with Gasteiger partial charge in [0.05, 0.1) is 58.1 Å². The Balaban J connectivity index is 1.80. The molecule has 0 unspecified atom stereocenters. The molecule has 10 nitrogen and oxygen atoms in total. The Morgan fingerprint density at radius 2 is 1.07 bits per heavy atom. The first-order valence-electron chi connectivity index (χ1n) is 20.1. The van der Waals surface area contributed by atoms with Gasteiger partial charge in [-0.3, -0.25) is 4.79 Å². The number of nitrogens with zero attached hydrogens (tertiary/aromatic N) is 1. The fraction of sp³-hybridized carbons (Fsp3) is 0.300. The molecule has 0 atom stereocenters. The number of aldehydes is 1. The summed E-state index contributed by atoms with van der Waals surface area (Å²) in [6.07, 6.45) is 0.463. The zero-order valence-electron chi connectivity index (χ0n) is 36.2. The second kappa shape index (κ2) is 19.5. The molecule has 1 aromatic heterocycles. The second-order valence-electron chi connectivity index (χ2n) is 15.0. The van der Waals surface area contributed by atoms with E-state index in [4.69, 9.17) is 37.9 Å². The highest BCUT2D eigenvalue weighted by atomic mass is 16.5. The van der Waals surface area contributed by atoms with Gasteiger partial charge in [0.15, 0.2) is 40.8 Å². The SMILES string of the molecule is COc1cc(-c2c(-c3cc(OC)c(OC(C)C)cc3OCc3ccccc3)c(C=O)n(Cc3ccccc3)c2-c2cc(OC)c(OC)c(OC(C)C)c2)ccc1OC(C)C. The van der Waals surface area contributed by atoms with E-state index in [2.05, 4.69) is 0 Å². The molecule has 0 spiro atoms. The Morgan fingerprint density at radius 1 is 0.517 bits per heavy atom. The first-order chi connectivity index (χ1) is 29.0. The molecule has 0 saturated heterocycles. The fourth-order valence-corrected chi connectivity index (χ4v) is 7.22. The molecule has 6 aromatic rings. The van der Waals surface area contributed by atoms with Gasteiger partial charge in [-0.05, 0) is 88.6 Å². The average molecular weight is 814 g/mol. The summed E-state index contributed by atoms with van der Waals surface area (Å²) in [5.41, 5.74) is 6.45. The molecule has 60 heavy (non-hydrogen) atoms. The van der Waals surface area contributed by atoms with Crippen LogP contribution >= 0.6 is 0 Å². The van der Waals surface area contributed by atoms with E-state index in [1.165, 1.54) is 0 Å². The topological polar surface area (TPSA) is 95.8 Å². The van der Waals surface area contributed by atoms with E-state index in [0.29, 0.717) is 86.2 Å². The molecule has 0 bridgehead atoms. The first kappa shape index (κ1) is 43.0. The number of carbonyl (C=O) groups excluding carboxylic acids is 1. The van der Waals surface area contributed by atoms with Crippen LogP contribution in [-0.4, -0.2) is 57.6 Å². The van der Waals surface area contributed by atoms with Gasteiger partial charge in [-0.15, -0.1) is 0 Å². The van der Waals surface area contributed by atoms with Crippen molar-refractivity contribution >= 4 is 6.29 Å². The van der Waals surface area contributed by atoms with Crippen molar-refractivity contribution in [2.24, 2.45) is 0 Å². The van der Waals surface area contributed by atoms with E-state index < -0.39 is 0 Å². The fourth-order valence-electron chi connectivity index (χ4n) is 7.22. The molecule has 0 radical (unpaired) electrons. The number of carbonyl (C=O) groups is 1. The molecule has 0 saturated carbocycles. The third-order valence-electron chi connectivity index (χ3n) is 9.63. The third kappa shape index (κ3) is 9.49. The summed E-state index contributed by atoms with van der Waals surface area (Å²) in [5.74, 6) is 3.97. The number of methoxy groups -OCH3 is 4. The van der Waals surface area contributed by atoms with Crippen LogP contribution in [0.3, 0.4) is 0 Å². The Bertz CT molecular complexity index is 2380. The average Bonchev–Trinajstić information content (AvgIpc) is 3.56. The highest BCUT2D eigenvalue weighted by molar-refractivity contribution is 6.04. The van der Waals surface area contributed by atoms with Crippen molar-refractivity contribution in [3.8, 4) is 79.5 Å². The molecule has 0 fully saturated rings. The number of hydrogen-bond acceptors (Lipinski definition) is 9. The zero-order valence-corrected chi connectivity index (χ0v) is 36.2. The van der Waals surface area contributed by atoms with Crippen LogP contribution in [0, 0.1) is 0 Å². The van der Waals surface area contributed by atoms with Crippen LogP contribution in [0.15, 0.2) is 103 Å². The summed E-state index contributed by atoms with van der Waals surface area (Å²) >= 11 is 0. The van der Waals surface area contributed by atoms with Gasteiger partial charge in [-0.25, -0.2) is 0 Å². The van der Waals surface area contributed by atoms with Gasteiger partial charge in [0, 0.05) is 34.9 Å². The van der Waals surface area contributed by atoms with Gasteiger partial charge in [0.25, 0.3) is 0 Å². The van der Waals surface area contributed by atoms with Crippen molar-refractivity contribution in [2.75, 3.05) is 28.4 Å². The highest BCUT2D eigenvalue weighted by Crippen LogP contribution is 2.53. The summed E-state index contributed by atoms with van der Waals surface area (Å²) in [6.45, 7) is 12.3. The third-order valence-corrected chi connectivity index (χ3v) is 9.63. The quantitative estimate of drug-likeness (QED) is 0.0741. The van der Waals surface area contributed by atoms with Crippen molar-refractivity contribution in [3.05, 3.63) is 120 Å². The standard InChI is InChI=1S/C50H55NO9/c1-31(2)58-40-22-21-36(23-42(40)53-7)47-48(38-26-43(54-8)44(59-32(3)4)27-41(38)57-30-35-19-15-12-16-20-35)39(29-52)51(28-34-17-13-11-14-18-34)49(47)37-24-45(55-9)50(56-10)46(25-37)60-33(5)6/h11-27,29,31-33H,28,30H2,1-10H3. The summed E-state index contributed by atoms with van der Waals surface area (Å²) < 4.78 is 51.4. The molecule has 314 valence electrons. The van der Waals surface area contributed by atoms with Gasteiger partial charge in [-0.2, -0.15) is 0 Å². The minimum absolute atomic E-state index is 0.0982. The van der Waals surface area contributed by atoms with Crippen LogP contribution in [0.25, 0.3) is 33.5 Å². The van der Waals surface area contributed by atoms with Crippen molar-refractivity contribution in [3.63, 3.8) is 0 Å². The van der Waals surface area contributed by atoms with Crippen LogP contribution in [-0.2, 0) is 13.2 Å². The predicted molar refractivity (Wildman–Crippen MR) is 236 cm³/mol. The van der Waals surface area contributed by atoms with Crippen LogP contribution in [0.2, 0.25) is 0 Å². The Morgan fingerprint density at radius 3 is 1.65 bits per heavy atom. The first-order valence-corrected chi connectivity index (χ1v) is 20.1. The van der Waals surface area contributed by atoms with Gasteiger partial charge in [0.2, 0.25) is 5.75 Å². The largest absolute Gasteiger partial charge is 0.493 e. The molecular weight excluding hydrogens is 759 g/mol. The van der Waals surface area contributed by atoms with E-state index in [1.54, 1.807) is 28.4 Å². The van der Waals surface area contributed by atoms with Crippen LogP contribution in [0.5, 0.6) is 46.0 Å². The maximum atomic E-state index is 14.0. The summed E-state index contributed by atoms with van der Waals surface area (Å²) in [4.78, 5) is 14.0. The summed E-state index contributed by atoms with van der Waals surface area (Å²) in [7, 11) is 6.39. The molecule has 0 aliphatic heterocycles. The molecule has 6 rings (SSSR count). The number of rotatable bonds is 19. The summed E-state index contributed by atoms with van der Waals surface area (Å²) in [5, 5.41) is 0. The van der Waals surface area contributed by atoms with Crippen molar-refractivity contribution in [1.82, 2.24) is 4.57 Å². The van der Waals surface area contributed by atoms with E-state index in [1.807, 2.05) is 149 Å². The normalized spacial score (nSPS) is 11.2. The van der Waals surface area contributed by atoms with Crippen LogP contribution < -0.4 is 37.9 Å². The summed E-state index contributed by atoms with van der Waals surface area (Å²) in [6, 6.07) is 33.3. The Hall–Kier alpha value is -6.55. The lowest BCUT2D eigenvalue weighted by molar-refractivity contribution is 0.111. The van der Waals surface area contributed by atoms with Crippen molar-refractivity contribution in [1.29, 1.82) is 0 Å². The Labute approximate surface area is 353 Å². The number of hydrogen-bond donors (Lipinski definition) is 0. The predicted octanol–water partition coefficient (Wildman–Crippen LogP) is 11.3. The number of ether oxygens (including phenoxy) is 8. The van der Waals surface area contributed by atoms with E-state index in [-0.39, 0.29) is 24.9 Å². The lowest BCUT2D eigenvalue weighted by Gasteiger charge is -2.21. The van der Waals surface area contributed by atoms with Crippen molar-refractivity contribution in [2.45, 2.75) is 73.0 Å². The van der Waals surface area contributed by atoms with Gasteiger partial charge in [-0.1, -0.05) is 66.7 Å². The Kier molecular flexibility index (Phi) is 14.0. The molecule has 10 heteroatoms. The number of benzene rings is 5. The molecule has 0 aliphatic carbocycles. The van der Waals surface area contributed by atoms with E-state index in [0.717, 1.165) is 23.0 Å². The molecular formula is C50H55NO9. The highest BCUT2D eigenvalue weighted by Gasteiger charge is 2.31.